The molecule has 1 fully saturated rings. The molecule has 4 aromatic rings. The van der Waals surface area contributed by atoms with Crippen LogP contribution in [-0.4, -0.2) is 29.9 Å². The third kappa shape index (κ3) is 4.90. The maximum absolute atomic E-state index is 12.9. The zero-order valence-electron chi connectivity index (χ0n) is 18.6. The fraction of sp³-hybridized carbons (Fsp3) is 0.269. The molecule has 2 heterocycles. The molecule has 5 rings (SSSR count). The number of sulfonamides is 1. The highest BCUT2D eigenvalue weighted by Gasteiger charge is 2.38. The van der Waals surface area contributed by atoms with E-state index < -0.39 is 22.2 Å². The number of aromatic nitrogens is 1. The monoisotopic (exact) mass is 512 g/mol. The molecule has 0 amide bonds. The molecule has 0 radical (unpaired) electrons. The fourth-order valence-electron chi connectivity index (χ4n) is 4.14. The largest absolute Gasteiger partial charge is 0.393 e. The Balaban J connectivity index is 1.60. The van der Waals surface area contributed by atoms with Gasteiger partial charge in [0, 0.05) is 26.4 Å². The third-order valence-electron chi connectivity index (χ3n) is 5.94. The summed E-state index contributed by atoms with van der Waals surface area (Å²) in [4.78, 5) is 5.45. The lowest BCUT2D eigenvalue weighted by Gasteiger charge is -2.19. The van der Waals surface area contributed by atoms with Gasteiger partial charge in [0.2, 0.25) is 10.0 Å². The van der Waals surface area contributed by atoms with E-state index >= 15 is 0 Å². The van der Waals surface area contributed by atoms with Gasteiger partial charge >= 0.3 is 0 Å². The van der Waals surface area contributed by atoms with Crippen LogP contribution in [0.15, 0.2) is 66.9 Å². The molecule has 1 aliphatic carbocycles. The van der Waals surface area contributed by atoms with Crippen molar-refractivity contribution < 1.29 is 13.5 Å². The lowest BCUT2D eigenvalue weighted by molar-refractivity contribution is 0.195. The van der Waals surface area contributed by atoms with Crippen molar-refractivity contribution in [3.8, 4) is 11.3 Å². The van der Waals surface area contributed by atoms with E-state index in [0.717, 1.165) is 37.3 Å². The maximum atomic E-state index is 12.9. The average molecular weight is 513 g/mol. The molecule has 0 spiro atoms. The van der Waals surface area contributed by atoms with Crippen LogP contribution in [0.4, 0.5) is 0 Å². The number of halogens is 1. The molecular weight excluding hydrogens is 488 g/mol. The van der Waals surface area contributed by atoms with E-state index in [1.54, 1.807) is 30.5 Å². The van der Waals surface area contributed by atoms with Crippen LogP contribution in [-0.2, 0) is 16.4 Å². The number of nitrogens with zero attached hydrogens (tertiary/aromatic N) is 1. The number of benzene rings is 2. The summed E-state index contributed by atoms with van der Waals surface area (Å²) in [5, 5.41) is 11.0. The van der Waals surface area contributed by atoms with Crippen molar-refractivity contribution in [2.24, 2.45) is 0 Å². The van der Waals surface area contributed by atoms with Crippen molar-refractivity contribution >= 4 is 43.0 Å². The molecule has 8 heteroatoms. The number of pyridine rings is 1. The Morgan fingerprint density at radius 2 is 1.94 bits per heavy atom. The summed E-state index contributed by atoms with van der Waals surface area (Å²) >= 11 is 8.07. The molecule has 2 unspecified atom stereocenters. The molecular formula is C26H25ClN2O3S2. The second-order valence-electron chi connectivity index (χ2n) is 8.79. The molecule has 0 aliphatic heterocycles. The van der Waals surface area contributed by atoms with Crippen molar-refractivity contribution in [2.45, 2.75) is 43.6 Å². The minimum absolute atomic E-state index is 0.330. The smallest absolute Gasteiger partial charge is 0.215 e. The quantitative estimate of drug-likeness (QED) is 0.317. The van der Waals surface area contributed by atoms with Crippen LogP contribution in [0.1, 0.15) is 41.8 Å². The van der Waals surface area contributed by atoms with E-state index in [4.69, 9.17) is 11.6 Å². The van der Waals surface area contributed by atoms with Crippen LogP contribution >= 0.6 is 22.9 Å². The highest BCUT2D eigenvalue weighted by molar-refractivity contribution is 7.90. The minimum Gasteiger partial charge on any atom is -0.393 e. The van der Waals surface area contributed by atoms with Crippen molar-refractivity contribution in [3.63, 3.8) is 0 Å². The van der Waals surface area contributed by atoms with Gasteiger partial charge < -0.3 is 5.11 Å². The van der Waals surface area contributed by atoms with E-state index in [2.05, 4.69) is 9.71 Å². The SMILES string of the molecule is CC(O)Cc1ccnc(-c2cccc3cc(C(NS(=O)(=O)C4CC4)c4ccccc4Cl)sc23)c1. The van der Waals surface area contributed by atoms with Crippen LogP contribution in [0, 0.1) is 0 Å². The van der Waals surface area contributed by atoms with Gasteiger partial charge in [0.05, 0.1) is 23.1 Å². The molecule has 1 saturated carbocycles. The number of aliphatic hydroxyl groups is 1. The first kappa shape index (κ1) is 23.5. The zero-order chi connectivity index (χ0) is 23.9. The van der Waals surface area contributed by atoms with Gasteiger partial charge in [-0.15, -0.1) is 11.3 Å². The predicted molar refractivity (Wildman–Crippen MR) is 139 cm³/mol. The standard InChI is InChI=1S/C26H25ClN2O3S2/c1-16(30)13-17-11-12-28-23(14-17)21-7-4-5-18-15-24(33-26(18)21)25(20-6-2-3-8-22(20)27)29-34(31,32)19-9-10-19/h2-8,11-12,14-16,19,25,29-30H,9-10,13H2,1H3. The molecule has 1 aliphatic rings. The number of thiophene rings is 1. The van der Waals surface area contributed by atoms with E-state index in [1.807, 2.05) is 54.6 Å². The highest BCUT2D eigenvalue weighted by atomic mass is 35.5. The van der Waals surface area contributed by atoms with Crippen LogP contribution in [0.2, 0.25) is 5.02 Å². The van der Waals surface area contributed by atoms with Gasteiger partial charge in [0.1, 0.15) is 0 Å². The zero-order valence-corrected chi connectivity index (χ0v) is 21.0. The molecule has 5 nitrogen and oxygen atoms in total. The van der Waals surface area contributed by atoms with Crippen molar-refractivity contribution in [1.29, 1.82) is 0 Å². The molecule has 2 aromatic carbocycles. The molecule has 176 valence electrons. The molecule has 34 heavy (non-hydrogen) atoms. The van der Waals surface area contributed by atoms with Gasteiger partial charge in [-0.25, -0.2) is 13.1 Å². The van der Waals surface area contributed by atoms with Gasteiger partial charge in [-0.1, -0.05) is 48.0 Å². The normalized spacial score (nSPS) is 16.0. The Hall–Kier alpha value is -2.29. The molecule has 2 aromatic heterocycles. The Bertz CT molecular complexity index is 1450. The topological polar surface area (TPSA) is 79.3 Å². The first-order valence-electron chi connectivity index (χ1n) is 11.2. The number of hydrogen-bond donors (Lipinski definition) is 2. The summed E-state index contributed by atoms with van der Waals surface area (Å²) in [7, 11) is -3.45. The van der Waals surface area contributed by atoms with Crippen LogP contribution in [0.3, 0.4) is 0 Å². The minimum atomic E-state index is -3.45. The maximum Gasteiger partial charge on any atom is 0.215 e. The second kappa shape index (κ2) is 9.40. The lowest BCUT2D eigenvalue weighted by atomic mass is 10.0. The number of fused-ring (bicyclic) bond motifs is 1. The molecule has 2 N–H and O–H groups in total. The Kier molecular flexibility index (Phi) is 6.48. The van der Waals surface area contributed by atoms with E-state index in [9.17, 15) is 13.5 Å². The number of rotatable bonds is 8. The number of aliphatic hydroxyl groups excluding tert-OH is 1. The first-order valence-corrected chi connectivity index (χ1v) is 14.0. The molecule has 2 atom stereocenters. The van der Waals surface area contributed by atoms with Crippen molar-refractivity contribution in [2.75, 3.05) is 0 Å². The number of nitrogens with one attached hydrogen (secondary N) is 1. The first-order chi connectivity index (χ1) is 16.3. The van der Waals surface area contributed by atoms with Gasteiger partial charge in [-0.3, -0.25) is 4.98 Å². The van der Waals surface area contributed by atoms with Gasteiger partial charge in [0.15, 0.2) is 0 Å². The van der Waals surface area contributed by atoms with Crippen molar-refractivity contribution in [1.82, 2.24) is 9.71 Å². The summed E-state index contributed by atoms with van der Waals surface area (Å²) in [5.41, 5.74) is 3.55. The summed E-state index contributed by atoms with van der Waals surface area (Å²) in [5.74, 6) is 0. The summed E-state index contributed by atoms with van der Waals surface area (Å²) in [6, 6.07) is 18.8. The van der Waals surface area contributed by atoms with E-state index in [0.29, 0.717) is 24.3 Å². The van der Waals surface area contributed by atoms with E-state index in [-0.39, 0.29) is 5.25 Å². The third-order valence-corrected chi connectivity index (χ3v) is 9.45. The summed E-state index contributed by atoms with van der Waals surface area (Å²) in [6.45, 7) is 1.77. The van der Waals surface area contributed by atoms with Gasteiger partial charge in [-0.05, 0) is 67.0 Å². The Labute approximate surface area is 208 Å². The van der Waals surface area contributed by atoms with Gasteiger partial charge in [-0.2, -0.15) is 0 Å². The molecule has 0 bridgehead atoms. The second-order valence-corrected chi connectivity index (χ2v) is 12.3. The van der Waals surface area contributed by atoms with Crippen molar-refractivity contribution in [3.05, 3.63) is 87.9 Å². The van der Waals surface area contributed by atoms with Gasteiger partial charge in [0.25, 0.3) is 0 Å². The van der Waals surface area contributed by atoms with E-state index in [1.165, 1.54) is 0 Å². The van der Waals surface area contributed by atoms with Crippen LogP contribution < -0.4 is 4.72 Å². The fourth-order valence-corrected chi connectivity index (χ4v) is 7.24. The summed E-state index contributed by atoms with van der Waals surface area (Å²) < 4.78 is 29.8. The number of hydrogen-bond acceptors (Lipinski definition) is 5. The highest BCUT2D eigenvalue weighted by Crippen LogP contribution is 2.41. The Morgan fingerprint density at radius 3 is 2.68 bits per heavy atom. The molecule has 0 saturated heterocycles. The Morgan fingerprint density at radius 1 is 1.15 bits per heavy atom. The van der Waals surface area contributed by atoms with Crippen LogP contribution in [0.25, 0.3) is 21.3 Å². The predicted octanol–water partition coefficient (Wildman–Crippen LogP) is 5.71. The van der Waals surface area contributed by atoms with Crippen LogP contribution in [0.5, 0.6) is 0 Å². The average Bonchev–Trinajstić information content (AvgIpc) is 3.57. The lowest BCUT2D eigenvalue weighted by Crippen LogP contribution is -2.31. The summed E-state index contributed by atoms with van der Waals surface area (Å²) in [6.07, 6.45) is 3.26.